The van der Waals surface area contributed by atoms with Crippen LogP contribution in [0.25, 0.3) is 0 Å². The molecule has 1 fully saturated rings. The maximum Gasteiger partial charge on any atom is 0.419 e. The highest BCUT2D eigenvalue weighted by molar-refractivity contribution is 6.39. The van der Waals surface area contributed by atoms with Crippen molar-refractivity contribution in [2.24, 2.45) is 5.92 Å². The smallest absolute Gasteiger partial charge is 0.347 e. The van der Waals surface area contributed by atoms with Crippen LogP contribution in [0.2, 0.25) is 0 Å². The predicted octanol–water partition coefficient (Wildman–Crippen LogP) is 1.85. The van der Waals surface area contributed by atoms with Gasteiger partial charge < -0.3 is 15.5 Å². The number of halogens is 4. The zero-order chi connectivity index (χ0) is 17.9. The summed E-state index contributed by atoms with van der Waals surface area (Å²) in [6.45, 7) is 2.02. The minimum atomic E-state index is -4.89. The van der Waals surface area contributed by atoms with E-state index in [4.69, 9.17) is 0 Å². The second-order valence-electron chi connectivity index (χ2n) is 5.77. The summed E-state index contributed by atoms with van der Waals surface area (Å²) in [5.41, 5.74) is -1.81. The van der Waals surface area contributed by atoms with Crippen molar-refractivity contribution in [1.29, 1.82) is 0 Å². The van der Waals surface area contributed by atoms with Gasteiger partial charge in [0.1, 0.15) is 5.82 Å². The number of carbonyl (C=O) groups excluding carboxylic acids is 2. The topological polar surface area (TPSA) is 61.4 Å². The molecule has 5 nitrogen and oxygen atoms in total. The van der Waals surface area contributed by atoms with E-state index >= 15 is 0 Å². The van der Waals surface area contributed by atoms with Crippen LogP contribution in [0.15, 0.2) is 18.2 Å². The summed E-state index contributed by atoms with van der Waals surface area (Å²) < 4.78 is 51.0. The largest absolute Gasteiger partial charge is 0.419 e. The summed E-state index contributed by atoms with van der Waals surface area (Å²) >= 11 is 0. The normalized spacial score (nSPS) is 18.5. The average molecular weight is 347 g/mol. The van der Waals surface area contributed by atoms with Crippen molar-refractivity contribution in [3.63, 3.8) is 0 Å². The van der Waals surface area contributed by atoms with Crippen molar-refractivity contribution in [3.8, 4) is 0 Å². The quantitative estimate of drug-likeness (QED) is 0.648. The van der Waals surface area contributed by atoms with Crippen LogP contribution in [0.3, 0.4) is 0 Å². The van der Waals surface area contributed by atoms with Crippen LogP contribution >= 0.6 is 0 Å². The van der Waals surface area contributed by atoms with Crippen LogP contribution in [0, 0.1) is 11.7 Å². The third-order valence-electron chi connectivity index (χ3n) is 3.78. The summed E-state index contributed by atoms with van der Waals surface area (Å²) in [5, 5.41) is 4.48. The van der Waals surface area contributed by atoms with E-state index in [0.717, 1.165) is 25.6 Å². The second kappa shape index (κ2) is 7.16. The highest BCUT2D eigenvalue weighted by Gasteiger charge is 2.34. The fourth-order valence-corrected chi connectivity index (χ4v) is 2.52. The number of amides is 2. The molecule has 0 radical (unpaired) electrons. The van der Waals surface area contributed by atoms with Crippen molar-refractivity contribution in [2.45, 2.75) is 12.6 Å². The van der Waals surface area contributed by atoms with Gasteiger partial charge in [0.25, 0.3) is 0 Å². The van der Waals surface area contributed by atoms with Gasteiger partial charge in [-0.2, -0.15) is 13.2 Å². The van der Waals surface area contributed by atoms with Crippen LogP contribution in [0.1, 0.15) is 12.0 Å². The number of likely N-dealkylation sites (tertiary alicyclic amines) is 1. The van der Waals surface area contributed by atoms with Crippen molar-refractivity contribution in [1.82, 2.24) is 10.2 Å². The van der Waals surface area contributed by atoms with Gasteiger partial charge in [-0.25, -0.2) is 4.39 Å². The van der Waals surface area contributed by atoms with Crippen LogP contribution in [-0.4, -0.2) is 43.4 Å². The Morgan fingerprint density at radius 3 is 2.58 bits per heavy atom. The molecule has 24 heavy (non-hydrogen) atoms. The SMILES string of the molecule is CN1CC[C@H](CNC(=O)C(=O)Nc2ccc(F)c(C(F)(F)F)c2)C1. The number of hydrogen-bond acceptors (Lipinski definition) is 3. The first kappa shape index (κ1) is 18.2. The molecule has 2 rings (SSSR count). The molecule has 0 saturated carbocycles. The zero-order valence-electron chi connectivity index (χ0n) is 12.9. The molecule has 0 aliphatic carbocycles. The molecule has 0 unspecified atom stereocenters. The fourth-order valence-electron chi connectivity index (χ4n) is 2.52. The van der Waals surface area contributed by atoms with Crippen molar-refractivity contribution >= 4 is 17.5 Å². The van der Waals surface area contributed by atoms with Crippen LogP contribution in [0.4, 0.5) is 23.2 Å². The molecule has 1 aliphatic heterocycles. The Morgan fingerprint density at radius 2 is 2.00 bits per heavy atom. The molecule has 1 saturated heterocycles. The lowest BCUT2D eigenvalue weighted by molar-refractivity contribution is -0.140. The molecule has 132 valence electrons. The molecule has 1 aliphatic rings. The Bertz CT molecular complexity index is 634. The molecular weight excluding hydrogens is 330 g/mol. The second-order valence-corrected chi connectivity index (χ2v) is 5.77. The predicted molar refractivity (Wildman–Crippen MR) is 78.6 cm³/mol. The maximum absolute atomic E-state index is 13.2. The number of rotatable bonds is 3. The lowest BCUT2D eigenvalue weighted by atomic mass is 10.1. The highest BCUT2D eigenvalue weighted by atomic mass is 19.4. The Balaban J connectivity index is 1.93. The molecule has 0 spiro atoms. The standard InChI is InChI=1S/C15H17F4N3O2/c1-22-5-4-9(8-22)7-20-13(23)14(24)21-10-2-3-12(16)11(6-10)15(17,18)19/h2-3,6,9H,4-5,7-8H2,1H3,(H,20,23)(H,21,24)/t9-/m1/s1. The summed E-state index contributed by atoms with van der Waals surface area (Å²) in [6, 6.07) is 2.00. The van der Waals surface area contributed by atoms with Gasteiger partial charge in [-0.05, 0) is 44.1 Å². The van der Waals surface area contributed by atoms with Crippen molar-refractivity contribution in [2.75, 3.05) is 32.0 Å². The van der Waals surface area contributed by atoms with Gasteiger partial charge in [0.2, 0.25) is 0 Å². The van der Waals surface area contributed by atoms with Gasteiger partial charge in [0, 0.05) is 18.8 Å². The number of carbonyl (C=O) groups is 2. The third kappa shape index (κ3) is 4.67. The summed E-state index contributed by atoms with van der Waals surface area (Å²) in [7, 11) is 1.95. The first-order valence-corrected chi connectivity index (χ1v) is 7.31. The van der Waals surface area contributed by atoms with E-state index in [1.54, 1.807) is 0 Å². The molecule has 1 heterocycles. The molecule has 0 aromatic heterocycles. The van der Waals surface area contributed by atoms with E-state index in [1.165, 1.54) is 0 Å². The maximum atomic E-state index is 13.2. The van der Waals surface area contributed by atoms with Crippen molar-refractivity contribution in [3.05, 3.63) is 29.6 Å². The van der Waals surface area contributed by atoms with E-state index in [9.17, 15) is 27.2 Å². The molecule has 0 bridgehead atoms. The van der Waals surface area contributed by atoms with Gasteiger partial charge in [0.15, 0.2) is 0 Å². The van der Waals surface area contributed by atoms with Gasteiger partial charge in [-0.15, -0.1) is 0 Å². The third-order valence-corrected chi connectivity index (χ3v) is 3.78. The van der Waals surface area contributed by atoms with Crippen LogP contribution in [-0.2, 0) is 15.8 Å². The monoisotopic (exact) mass is 347 g/mol. The summed E-state index contributed by atoms with van der Waals surface area (Å²) in [4.78, 5) is 25.5. The van der Waals surface area contributed by atoms with E-state index in [-0.39, 0.29) is 11.6 Å². The summed E-state index contributed by atoms with van der Waals surface area (Å²) in [5.74, 6) is -3.26. The number of nitrogens with one attached hydrogen (secondary N) is 2. The van der Waals surface area contributed by atoms with E-state index in [2.05, 4.69) is 10.2 Å². The number of benzene rings is 1. The molecule has 1 aromatic rings. The van der Waals surface area contributed by atoms with Gasteiger partial charge in [0.05, 0.1) is 5.56 Å². The average Bonchev–Trinajstić information content (AvgIpc) is 2.91. The Kier molecular flexibility index (Phi) is 5.43. The molecular formula is C15H17F4N3O2. The van der Waals surface area contributed by atoms with E-state index < -0.39 is 29.4 Å². The Morgan fingerprint density at radius 1 is 1.29 bits per heavy atom. The molecule has 2 N–H and O–H groups in total. The number of alkyl halides is 3. The Labute approximate surface area is 136 Å². The van der Waals surface area contributed by atoms with E-state index in [0.29, 0.717) is 18.7 Å². The molecule has 2 amide bonds. The van der Waals surface area contributed by atoms with Crippen molar-refractivity contribution < 1.29 is 27.2 Å². The minimum Gasteiger partial charge on any atom is -0.347 e. The lowest BCUT2D eigenvalue weighted by Crippen LogP contribution is -2.38. The molecule has 1 atom stereocenters. The molecule has 1 aromatic carbocycles. The number of anilines is 1. The number of hydrogen-bond donors (Lipinski definition) is 2. The number of nitrogens with zero attached hydrogens (tertiary/aromatic N) is 1. The zero-order valence-corrected chi connectivity index (χ0v) is 12.9. The van der Waals surface area contributed by atoms with Crippen LogP contribution in [0.5, 0.6) is 0 Å². The van der Waals surface area contributed by atoms with Gasteiger partial charge >= 0.3 is 18.0 Å². The first-order valence-electron chi connectivity index (χ1n) is 7.31. The Hall–Kier alpha value is -2.16. The van der Waals surface area contributed by atoms with Gasteiger partial charge in [-0.3, -0.25) is 9.59 Å². The highest BCUT2D eigenvalue weighted by Crippen LogP contribution is 2.32. The minimum absolute atomic E-state index is 0.231. The first-order chi connectivity index (χ1) is 11.2. The molecule has 9 heteroatoms. The van der Waals surface area contributed by atoms with E-state index in [1.807, 2.05) is 12.4 Å². The summed E-state index contributed by atoms with van der Waals surface area (Å²) in [6.07, 6.45) is -3.99. The fraction of sp³-hybridized carbons (Fsp3) is 0.467. The van der Waals surface area contributed by atoms with Crippen LogP contribution < -0.4 is 10.6 Å². The lowest BCUT2D eigenvalue weighted by Gasteiger charge is -2.13. The van der Waals surface area contributed by atoms with Gasteiger partial charge in [-0.1, -0.05) is 0 Å².